The molecule has 0 aliphatic rings. The topological polar surface area (TPSA) is 103 Å². The lowest BCUT2D eigenvalue weighted by molar-refractivity contribution is -0.114. The van der Waals surface area contributed by atoms with Gasteiger partial charge in [-0.05, 0) is 18.6 Å². The van der Waals surface area contributed by atoms with Gasteiger partial charge in [0.2, 0.25) is 5.71 Å². The molecule has 0 aromatic heterocycles. The smallest absolute Gasteiger partial charge is 0.288 e. The maximum atomic E-state index is 11.0. The minimum Gasteiger partial charge on any atom is -0.288 e. The van der Waals surface area contributed by atoms with Gasteiger partial charge in [0, 0.05) is 0 Å². The van der Waals surface area contributed by atoms with E-state index in [1.54, 1.807) is 12.1 Å². The number of nitrogens with one attached hydrogen (secondary N) is 2. The molecule has 0 spiro atoms. The summed E-state index contributed by atoms with van der Waals surface area (Å²) < 4.78 is 0. The number of carbonyl (C=O) groups is 1. The number of anilines is 1. The van der Waals surface area contributed by atoms with Gasteiger partial charge in [0.05, 0.1) is 5.69 Å². The lowest BCUT2D eigenvalue weighted by Crippen LogP contribution is -2.36. The fraction of sp³-hybridized carbons (Fsp3) is 0.100. The quantitative estimate of drug-likeness (QED) is 0.293. The molecule has 0 bridgehead atoms. The van der Waals surface area contributed by atoms with Crippen LogP contribution in [0.25, 0.3) is 0 Å². The van der Waals surface area contributed by atoms with Crippen LogP contribution in [0.15, 0.2) is 29.4 Å². The highest BCUT2D eigenvalue weighted by molar-refractivity contribution is 6.45. The summed E-state index contributed by atoms with van der Waals surface area (Å²) in [7, 11) is 0. The Hall–Kier alpha value is -2.39. The summed E-state index contributed by atoms with van der Waals surface area (Å²) >= 11 is 0. The number of hydrogen-bond acceptors (Lipinski definition) is 5. The number of nitriles is 1. The van der Waals surface area contributed by atoms with Crippen LogP contribution in [0.1, 0.15) is 5.56 Å². The van der Waals surface area contributed by atoms with Crippen molar-refractivity contribution in [2.75, 3.05) is 5.43 Å². The third-order valence-electron chi connectivity index (χ3n) is 1.89. The largest absolute Gasteiger partial charge is 0.296 e. The van der Waals surface area contributed by atoms with E-state index in [1.165, 1.54) is 0 Å². The zero-order valence-electron chi connectivity index (χ0n) is 8.69. The number of rotatable bonds is 3. The van der Waals surface area contributed by atoms with E-state index in [4.69, 9.17) is 11.1 Å². The number of amides is 1. The molecule has 4 N–H and O–H groups in total. The Morgan fingerprint density at radius 3 is 2.75 bits per heavy atom. The zero-order valence-corrected chi connectivity index (χ0v) is 8.69. The van der Waals surface area contributed by atoms with Crippen LogP contribution in [0.4, 0.5) is 5.69 Å². The number of hydrogen-bond donors (Lipinski definition) is 3. The van der Waals surface area contributed by atoms with Gasteiger partial charge < -0.3 is 0 Å². The number of carbonyl (C=O) groups excluding carboxylic acids is 1. The minimum atomic E-state index is -0.733. The second-order valence-electron chi connectivity index (χ2n) is 2.97. The average Bonchev–Trinajstić information content (AvgIpc) is 2.31. The van der Waals surface area contributed by atoms with Gasteiger partial charge in [0.1, 0.15) is 6.07 Å². The lowest BCUT2D eigenvalue weighted by Gasteiger charge is -2.04. The molecule has 0 unspecified atom stereocenters. The number of para-hydroxylation sites is 1. The van der Waals surface area contributed by atoms with Gasteiger partial charge in [-0.25, -0.2) is 5.84 Å². The Kier molecular flexibility index (Phi) is 4.00. The highest BCUT2D eigenvalue weighted by Crippen LogP contribution is 2.12. The Balaban J connectivity index is 2.84. The number of hydrazone groups is 1. The fourth-order valence-electron chi connectivity index (χ4n) is 1.01. The maximum absolute atomic E-state index is 11.0. The van der Waals surface area contributed by atoms with E-state index in [0.717, 1.165) is 11.3 Å². The number of nitrogens with two attached hydrogens (primary N) is 1. The van der Waals surface area contributed by atoms with Crippen LogP contribution in [0.5, 0.6) is 0 Å². The molecule has 0 fully saturated rings. The van der Waals surface area contributed by atoms with Gasteiger partial charge in [-0.3, -0.25) is 15.6 Å². The fourth-order valence-corrected chi connectivity index (χ4v) is 1.01. The van der Waals surface area contributed by atoms with E-state index >= 15 is 0 Å². The van der Waals surface area contributed by atoms with Crippen molar-refractivity contribution in [2.24, 2.45) is 10.9 Å². The Labute approximate surface area is 92.7 Å². The van der Waals surface area contributed by atoms with Crippen molar-refractivity contribution in [3.05, 3.63) is 29.8 Å². The molecule has 0 radical (unpaired) electrons. The molecule has 6 nitrogen and oxygen atoms in total. The minimum absolute atomic E-state index is 0.328. The van der Waals surface area contributed by atoms with Crippen molar-refractivity contribution < 1.29 is 4.79 Å². The molecule has 1 aromatic carbocycles. The third kappa shape index (κ3) is 2.80. The van der Waals surface area contributed by atoms with Crippen molar-refractivity contribution >= 4 is 17.3 Å². The van der Waals surface area contributed by atoms with Crippen molar-refractivity contribution in [3.63, 3.8) is 0 Å². The Morgan fingerprint density at radius 2 is 2.19 bits per heavy atom. The molecule has 0 saturated carbocycles. The lowest BCUT2D eigenvalue weighted by atomic mass is 10.2. The first-order valence-electron chi connectivity index (χ1n) is 4.49. The number of nitrogens with zero attached hydrogens (tertiary/aromatic N) is 2. The summed E-state index contributed by atoms with van der Waals surface area (Å²) in [5.41, 5.74) is 5.81. The van der Waals surface area contributed by atoms with Crippen LogP contribution >= 0.6 is 0 Å². The van der Waals surface area contributed by atoms with Gasteiger partial charge in [-0.15, -0.1) is 0 Å². The van der Waals surface area contributed by atoms with Crippen LogP contribution in [-0.4, -0.2) is 11.6 Å². The van der Waals surface area contributed by atoms with E-state index < -0.39 is 5.91 Å². The van der Waals surface area contributed by atoms with Crippen molar-refractivity contribution in [1.82, 2.24) is 5.43 Å². The molecular weight excluding hydrogens is 206 g/mol. The normalized spacial score (nSPS) is 10.4. The first kappa shape index (κ1) is 11.7. The molecule has 82 valence electrons. The predicted octanol–water partition coefficient (Wildman–Crippen LogP) is 0.276. The molecule has 0 saturated heterocycles. The van der Waals surface area contributed by atoms with Gasteiger partial charge in [0.15, 0.2) is 0 Å². The highest BCUT2D eigenvalue weighted by Gasteiger charge is 2.08. The summed E-state index contributed by atoms with van der Waals surface area (Å²) in [6, 6.07) is 9.00. The third-order valence-corrected chi connectivity index (χ3v) is 1.89. The van der Waals surface area contributed by atoms with Crippen LogP contribution in [0.3, 0.4) is 0 Å². The summed E-state index contributed by atoms with van der Waals surface area (Å²) in [6.45, 7) is 1.88. The first-order chi connectivity index (χ1) is 7.69. The number of aryl methyl sites for hydroxylation is 1. The van der Waals surface area contributed by atoms with E-state index in [-0.39, 0.29) is 5.71 Å². The summed E-state index contributed by atoms with van der Waals surface area (Å²) in [5, 5.41) is 12.3. The second-order valence-corrected chi connectivity index (χ2v) is 2.97. The molecule has 0 atom stereocenters. The van der Waals surface area contributed by atoms with Gasteiger partial charge >= 0.3 is 0 Å². The van der Waals surface area contributed by atoms with Crippen LogP contribution in [-0.2, 0) is 4.79 Å². The van der Waals surface area contributed by atoms with Gasteiger partial charge in [-0.1, -0.05) is 18.2 Å². The van der Waals surface area contributed by atoms with Gasteiger partial charge in [0.25, 0.3) is 5.91 Å². The molecule has 1 rings (SSSR count). The van der Waals surface area contributed by atoms with Crippen molar-refractivity contribution in [3.8, 4) is 6.07 Å². The molecule has 1 amide bonds. The van der Waals surface area contributed by atoms with Crippen molar-refractivity contribution in [2.45, 2.75) is 6.92 Å². The molecule has 0 aliphatic carbocycles. The molecular formula is C10H11N5O. The number of benzene rings is 1. The highest BCUT2D eigenvalue weighted by atomic mass is 16.2. The zero-order chi connectivity index (χ0) is 12.0. The predicted molar refractivity (Wildman–Crippen MR) is 60.2 cm³/mol. The van der Waals surface area contributed by atoms with Crippen molar-refractivity contribution in [1.29, 1.82) is 5.26 Å². The first-order valence-corrected chi connectivity index (χ1v) is 4.49. The summed E-state index contributed by atoms with van der Waals surface area (Å²) in [6.07, 6.45) is 0. The average molecular weight is 217 g/mol. The van der Waals surface area contributed by atoms with E-state index in [9.17, 15) is 4.79 Å². The van der Waals surface area contributed by atoms with Crippen LogP contribution in [0.2, 0.25) is 0 Å². The Morgan fingerprint density at radius 1 is 1.50 bits per heavy atom. The molecule has 16 heavy (non-hydrogen) atoms. The summed E-state index contributed by atoms with van der Waals surface area (Å²) in [5.74, 6) is 4.16. The Bertz CT molecular complexity index is 461. The monoisotopic (exact) mass is 217 g/mol. The number of hydrazine groups is 1. The van der Waals surface area contributed by atoms with E-state index in [0.29, 0.717) is 0 Å². The molecule has 0 heterocycles. The molecule has 6 heteroatoms. The second kappa shape index (κ2) is 5.48. The standard InChI is InChI=1S/C10H11N5O/c1-7-4-2-3-5-8(7)14-15-9(6-11)10(16)13-12/h2-5,14H,12H2,1H3,(H,13,16)/b15-9+. The van der Waals surface area contributed by atoms with E-state index in [1.807, 2.05) is 30.5 Å². The van der Waals surface area contributed by atoms with Crippen LogP contribution < -0.4 is 16.7 Å². The van der Waals surface area contributed by atoms with Gasteiger partial charge in [-0.2, -0.15) is 10.4 Å². The molecule has 0 aliphatic heterocycles. The van der Waals surface area contributed by atoms with Crippen LogP contribution in [0, 0.1) is 18.3 Å². The molecule has 1 aromatic rings. The van der Waals surface area contributed by atoms with E-state index in [2.05, 4.69) is 10.5 Å². The maximum Gasteiger partial charge on any atom is 0.296 e. The summed E-state index contributed by atoms with van der Waals surface area (Å²) in [4.78, 5) is 11.0. The SMILES string of the molecule is Cc1ccccc1N/N=C(\C#N)C(=O)NN.